The Kier molecular flexibility index (Phi) is 5.03. The highest BCUT2D eigenvalue weighted by Crippen LogP contribution is 2.30. The second-order valence-electron chi connectivity index (χ2n) is 5.82. The molecule has 1 aromatic carbocycles. The molecule has 0 N–H and O–H groups in total. The van der Waals surface area contributed by atoms with E-state index < -0.39 is 11.9 Å². The number of nitrogens with zero attached hydrogens (tertiary/aromatic N) is 3. The van der Waals surface area contributed by atoms with E-state index >= 15 is 0 Å². The molecule has 3 nitrogen and oxygen atoms in total. The van der Waals surface area contributed by atoms with E-state index in [1.165, 1.54) is 5.56 Å². The second-order valence-corrected chi connectivity index (χ2v) is 7.20. The smallest absolute Gasteiger partial charge is 0.369 e. The number of piperazine rings is 1. The van der Waals surface area contributed by atoms with Crippen LogP contribution in [-0.2, 0) is 12.7 Å². The van der Waals surface area contributed by atoms with Gasteiger partial charge >= 0.3 is 6.18 Å². The lowest BCUT2D eigenvalue weighted by molar-refractivity contribution is -0.140. The highest BCUT2D eigenvalue weighted by Gasteiger charge is 2.33. The summed E-state index contributed by atoms with van der Waals surface area (Å²) in [7, 11) is 0. The van der Waals surface area contributed by atoms with E-state index in [-0.39, 0.29) is 0 Å². The molecule has 1 aromatic heterocycles. The predicted molar refractivity (Wildman–Crippen MR) is 90.8 cm³/mol. The topological polar surface area (TPSA) is 19.4 Å². The number of anilines is 1. The summed E-state index contributed by atoms with van der Waals surface area (Å²) >= 11 is 7.14. The zero-order valence-electron chi connectivity index (χ0n) is 13.1. The van der Waals surface area contributed by atoms with E-state index in [2.05, 4.69) is 14.8 Å². The van der Waals surface area contributed by atoms with Gasteiger partial charge in [-0.15, -0.1) is 11.3 Å². The summed E-state index contributed by atoms with van der Waals surface area (Å²) in [5.74, 6) is 0. The summed E-state index contributed by atoms with van der Waals surface area (Å²) in [4.78, 5) is 8.10. The quantitative estimate of drug-likeness (QED) is 0.790. The van der Waals surface area contributed by atoms with Crippen LogP contribution in [-0.4, -0.2) is 36.1 Å². The van der Waals surface area contributed by atoms with Crippen LogP contribution in [0.25, 0.3) is 0 Å². The third-order valence-corrected chi connectivity index (χ3v) is 5.15. The van der Waals surface area contributed by atoms with E-state index in [9.17, 15) is 13.2 Å². The van der Waals surface area contributed by atoms with Crippen LogP contribution in [0.3, 0.4) is 0 Å². The second kappa shape index (κ2) is 6.90. The number of alkyl halides is 3. The number of aromatic nitrogens is 1. The molecular formula is C16H17ClF3N3S. The first-order valence-corrected chi connectivity index (χ1v) is 8.84. The van der Waals surface area contributed by atoms with Gasteiger partial charge in [0.1, 0.15) is 5.01 Å². The molecular weight excluding hydrogens is 359 g/mol. The molecule has 1 fully saturated rings. The normalized spacial score (nSPS) is 16.6. The number of hydrogen-bond donors (Lipinski definition) is 0. The van der Waals surface area contributed by atoms with Crippen LogP contribution in [0.1, 0.15) is 16.3 Å². The van der Waals surface area contributed by atoms with Gasteiger partial charge in [-0.25, -0.2) is 4.98 Å². The van der Waals surface area contributed by atoms with E-state index in [4.69, 9.17) is 11.6 Å². The van der Waals surface area contributed by atoms with Gasteiger partial charge < -0.3 is 4.90 Å². The fraction of sp³-hybridized carbons (Fsp3) is 0.438. The lowest BCUT2D eigenvalue weighted by atomic mass is 10.1. The van der Waals surface area contributed by atoms with E-state index in [1.807, 2.05) is 25.1 Å². The molecule has 24 heavy (non-hydrogen) atoms. The summed E-state index contributed by atoms with van der Waals surface area (Å²) in [6, 6.07) is 5.83. The molecule has 130 valence electrons. The molecule has 0 saturated carbocycles. The van der Waals surface area contributed by atoms with Crippen molar-refractivity contribution in [1.82, 2.24) is 9.88 Å². The summed E-state index contributed by atoms with van der Waals surface area (Å²) in [6.45, 7) is 5.71. The molecule has 0 amide bonds. The van der Waals surface area contributed by atoms with Crippen molar-refractivity contribution in [3.8, 4) is 0 Å². The van der Waals surface area contributed by atoms with Gasteiger partial charge in [0.15, 0.2) is 5.69 Å². The molecule has 8 heteroatoms. The molecule has 0 atom stereocenters. The van der Waals surface area contributed by atoms with Crippen LogP contribution in [0.15, 0.2) is 23.6 Å². The molecule has 0 aliphatic carbocycles. The van der Waals surface area contributed by atoms with Crippen molar-refractivity contribution in [3.63, 3.8) is 0 Å². The Morgan fingerprint density at radius 2 is 1.92 bits per heavy atom. The maximum Gasteiger partial charge on any atom is 0.434 e. The van der Waals surface area contributed by atoms with Gasteiger partial charge in [-0.1, -0.05) is 17.7 Å². The summed E-state index contributed by atoms with van der Waals surface area (Å²) in [5, 5.41) is 2.30. The summed E-state index contributed by atoms with van der Waals surface area (Å²) in [5.41, 5.74) is 1.49. The number of halogens is 4. The van der Waals surface area contributed by atoms with Crippen molar-refractivity contribution in [2.45, 2.75) is 19.6 Å². The van der Waals surface area contributed by atoms with Crippen LogP contribution in [0.5, 0.6) is 0 Å². The Morgan fingerprint density at radius 3 is 2.54 bits per heavy atom. The molecule has 0 spiro atoms. The minimum absolute atomic E-state index is 0.461. The third kappa shape index (κ3) is 4.02. The fourth-order valence-corrected chi connectivity index (χ4v) is 3.78. The van der Waals surface area contributed by atoms with Crippen molar-refractivity contribution < 1.29 is 13.2 Å². The number of hydrogen-bond acceptors (Lipinski definition) is 4. The first-order valence-electron chi connectivity index (χ1n) is 7.58. The largest absolute Gasteiger partial charge is 0.434 e. The zero-order valence-corrected chi connectivity index (χ0v) is 14.7. The highest BCUT2D eigenvalue weighted by molar-refractivity contribution is 7.09. The van der Waals surface area contributed by atoms with E-state index in [1.54, 1.807) is 0 Å². The Balaban J connectivity index is 1.59. The van der Waals surface area contributed by atoms with E-state index in [0.29, 0.717) is 16.6 Å². The maximum absolute atomic E-state index is 12.6. The molecule has 1 aliphatic heterocycles. The molecule has 0 unspecified atom stereocenters. The van der Waals surface area contributed by atoms with Gasteiger partial charge in [-0.3, -0.25) is 4.90 Å². The number of aryl methyl sites for hydroxylation is 1. The van der Waals surface area contributed by atoms with Crippen molar-refractivity contribution in [2.24, 2.45) is 0 Å². The van der Waals surface area contributed by atoms with Crippen LogP contribution >= 0.6 is 22.9 Å². The SMILES string of the molecule is Cc1ccc(Cl)cc1N1CCN(Cc2nc(C(F)(F)F)cs2)CC1. The minimum atomic E-state index is -4.36. The molecule has 0 radical (unpaired) electrons. The van der Waals surface area contributed by atoms with Gasteiger partial charge in [0.2, 0.25) is 0 Å². The molecule has 3 rings (SSSR count). The number of thiazole rings is 1. The fourth-order valence-electron chi connectivity index (χ4n) is 2.78. The molecule has 1 aliphatic rings. The lowest BCUT2D eigenvalue weighted by Crippen LogP contribution is -2.46. The van der Waals surface area contributed by atoms with Gasteiger partial charge in [-0.05, 0) is 24.6 Å². The van der Waals surface area contributed by atoms with Gasteiger partial charge in [-0.2, -0.15) is 13.2 Å². The van der Waals surface area contributed by atoms with Gasteiger partial charge in [0.05, 0.1) is 6.54 Å². The minimum Gasteiger partial charge on any atom is -0.369 e. The zero-order chi connectivity index (χ0) is 17.3. The number of rotatable bonds is 3. The first-order chi connectivity index (χ1) is 11.3. The van der Waals surface area contributed by atoms with Crippen molar-refractivity contribution in [1.29, 1.82) is 0 Å². The van der Waals surface area contributed by atoms with Crippen LogP contribution in [0, 0.1) is 6.92 Å². The molecule has 0 bridgehead atoms. The van der Waals surface area contributed by atoms with Crippen LogP contribution in [0.2, 0.25) is 5.02 Å². The predicted octanol–water partition coefficient (Wildman–Crippen LogP) is 4.45. The first kappa shape index (κ1) is 17.5. The number of benzene rings is 1. The molecule has 2 aromatic rings. The summed E-state index contributed by atoms with van der Waals surface area (Å²) < 4.78 is 37.8. The Bertz CT molecular complexity index is 709. The highest BCUT2D eigenvalue weighted by atomic mass is 35.5. The third-order valence-electron chi connectivity index (χ3n) is 4.09. The molecule has 1 saturated heterocycles. The monoisotopic (exact) mass is 375 g/mol. The standard InChI is InChI=1S/C16H17ClF3N3S/c1-11-2-3-12(17)8-13(11)23-6-4-22(5-7-23)9-15-21-14(10-24-15)16(18,19)20/h2-3,8,10H,4-7,9H2,1H3. The van der Waals surface area contributed by atoms with E-state index in [0.717, 1.165) is 48.6 Å². The average Bonchev–Trinajstić information content (AvgIpc) is 2.99. The maximum atomic E-state index is 12.6. The average molecular weight is 376 g/mol. The Hall–Kier alpha value is -1.31. The van der Waals surface area contributed by atoms with Gasteiger partial charge in [0, 0.05) is 42.3 Å². The Labute approximate surface area is 147 Å². The van der Waals surface area contributed by atoms with Crippen LogP contribution < -0.4 is 4.90 Å². The van der Waals surface area contributed by atoms with Crippen molar-refractivity contribution >= 4 is 28.6 Å². The lowest BCUT2D eigenvalue weighted by Gasteiger charge is -2.36. The Morgan fingerprint density at radius 1 is 1.21 bits per heavy atom. The van der Waals surface area contributed by atoms with Crippen molar-refractivity contribution in [3.05, 3.63) is 44.9 Å². The molecule has 2 heterocycles. The van der Waals surface area contributed by atoms with Gasteiger partial charge in [0.25, 0.3) is 0 Å². The summed E-state index contributed by atoms with van der Waals surface area (Å²) in [6.07, 6.45) is -4.36. The van der Waals surface area contributed by atoms with Crippen LogP contribution in [0.4, 0.5) is 18.9 Å². The van der Waals surface area contributed by atoms with Crippen molar-refractivity contribution in [2.75, 3.05) is 31.1 Å².